The number of hydrogen-bond acceptors (Lipinski definition) is 5. The molecule has 112 valence electrons. The molecule has 0 spiro atoms. The van der Waals surface area contributed by atoms with E-state index >= 15 is 0 Å². The number of amides is 1. The molecule has 0 aliphatic rings. The molecule has 2 rings (SSSR count). The fourth-order valence-electron chi connectivity index (χ4n) is 1.46. The Bertz CT molecular complexity index is 503. The molecule has 2 N–H and O–H groups in total. The van der Waals surface area contributed by atoms with Crippen LogP contribution in [0.15, 0.2) is 28.4 Å². The Labute approximate surface area is 134 Å². The minimum Gasteiger partial charge on any atom is -0.472 e. The number of nitrogens with one attached hydrogen (secondary N) is 2. The van der Waals surface area contributed by atoms with E-state index in [1.165, 1.54) is 11.3 Å². The van der Waals surface area contributed by atoms with Gasteiger partial charge in [0, 0.05) is 24.0 Å². The Morgan fingerprint density at radius 2 is 2.20 bits per heavy atom. The molecule has 0 radical (unpaired) electrons. The quantitative estimate of drug-likeness (QED) is 0.792. The van der Waals surface area contributed by atoms with Gasteiger partial charge in [0.25, 0.3) is 0 Å². The van der Waals surface area contributed by atoms with E-state index in [4.69, 9.17) is 4.42 Å². The lowest BCUT2D eigenvalue weighted by atomic mass is 10.3. The molecule has 2 aromatic heterocycles. The van der Waals surface area contributed by atoms with Crippen molar-refractivity contribution in [1.82, 2.24) is 15.6 Å². The normalized spacial score (nSPS) is 9.45. The first-order chi connectivity index (χ1) is 8.79. The van der Waals surface area contributed by atoms with Gasteiger partial charge in [0.15, 0.2) is 0 Å². The van der Waals surface area contributed by atoms with Crippen LogP contribution in [0.4, 0.5) is 0 Å². The summed E-state index contributed by atoms with van der Waals surface area (Å²) in [6.45, 7) is 1.40. The van der Waals surface area contributed by atoms with Crippen LogP contribution in [0.3, 0.4) is 0 Å². The molecule has 0 aromatic carbocycles. The molecule has 5 nitrogen and oxygen atoms in total. The average molecular weight is 338 g/mol. The molecule has 0 saturated heterocycles. The maximum atomic E-state index is 11.6. The number of carbonyl (C=O) groups is 1. The van der Waals surface area contributed by atoms with E-state index < -0.39 is 0 Å². The van der Waals surface area contributed by atoms with Crippen molar-refractivity contribution < 1.29 is 9.21 Å². The van der Waals surface area contributed by atoms with E-state index in [-0.39, 0.29) is 30.7 Å². The summed E-state index contributed by atoms with van der Waals surface area (Å²) in [7, 11) is 1.85. The summed E-state index contributed by atoms with van der Waals surface area (Å²) in [6.07, 6.45) is 3.58. The number of rotatable bonds is 6. The Morgan fingerprint density at radius 1 is 1.40 bits per heavy atom. The molecular formula is C12H17Cl2N3O2S. The van der Waals surface area contributed by atoms with Gasteiger partial charge in [-0.3, -0.25) is 4.79 Å². The number of thiazole rings is 1. The fraction of sp³-hybridized carbons (Fsp3) is 0.333. The van der Waals surface area contributed by atoms with Gasteiger partial charge in [-0.25, -0.2) is 4.98 Å². The number of furan rings is 1. The van der Waals surface area contributed by atoms with Crippen LogP contribution in [0, 0.1) is 0 Å². The van der Waals surface area contributed by atoms with Crippen molar-refractivity contribution >= 4 is 42.1 Å². The molecule has 0 atom stereocenters. The molecule has 0 aliphatic carbocycles. The van der Waals surface area contributed by atoms with Gasteiger partial charge in [-0.05, 0) is 13.1 Å². The average Bonchev–Trinajstić information content (AvgIpc) is 2.98. The first-order valence-electron chi connectivity index (χ1n) is 5.68. The zero-order chi connectivity index (χ0) is 12.8. The van der Waals surface area contributed by atoms with Gasteiger partial charge in [-0.15, -0.1) is 36.2 Å². The lowest BCUT2D eigenvalue weighted by Gasteiger charge is -2.02. The van der Waals surface area contributed by atoms with Crippen LogP contribution in [0.5, 0.6) is 0 Å². The molecule has 0 bridgehead atoms. The van der Waals surface area contributed by atoms with Crippen LogP contribution in [-0.4, -0.2) is 31.0 Å². The standard InChI is InChI=1S/C12H15N3O2S.2ClH/c1-13-3-4-14-11(16)6-10-8-18-12(15-10)9-2-5-17-7-9;;/h2,5,7-8,13H,3-4,6H2,1H3,(H,14,16);2*1H. The van der Waals surface area contributed by atoms with Gasteiger partial charge >= 0.3 is 0 Å². The monoisotopic (exact) mass is 337 g/mol. The number of carbonyl (C=O) groups excluding carboxylic acids is 1. The maximum Gasteiger partial charge on any atom is 0.226 e. The number of aromatic nitrogens is 1. The molecule has 0 unspecified atom stereocenters. The van der Waals surface area contributed by atoms with Gasteiger partial charge in [0.2, 0.25) is 5.91 Å². The Hall–Kier alpha value is -1.08. The first-order valence-corrected chi connectivity index (χ1v) is 6.56. The summed E-state index contributed by atoms with van der Waals surface area (Å²) in [5.41, 5.74) is 1.74. The van der Waals surface area contributed by atoms with Crippen LogP contribution in [-0.2, 0) is 11.2 Å². The van der Waals surface area contributed by atoms with Crippen LogP contribution in [0.2, 0.25) is 0 Å². The second kappa shape index (κ2) is 9.77. The van der Waals surface area contributed by atoms with Crippen molar-refractivity contribution in [3.05, 3.63) is 29.7 Å². The summed E-state index contributed by atoms with van der Waals surface area (Å²) in [5.74, 6) is -0.00528. The van der Waals surface area contributed by atoms with Crippen molar-refractivity contribution in [3.63, 3.8) is 0 Å². The van der Waals surface area contributed by atoms with E-state index in [1.807, 2.05) is 18.5 Å². The third-order valence-corrected chi connectivity index (χ3v) is 3.30. The van der Waals surface area contributed by atoms with Crippen LogP contribution < -0.4 is 10.6 Å². The second-order valence-corrected chi connectivity index (χ2v) is 4.64. The first kappa shape index (κ1) is 18.9. The number of halogens is 2. The Balaban J connectivity index is 0.00000180. The molecule has 0 fully saturated rings. The van der Waals surface area contributed by atoms with Gasteiger partial charge in [-0.1, -0.05) is 0 Å². The molecular weight excluding hydrogens is 321 g/mol. The van der Waals surface area contributed by atoms with Crippen molar-refractivity contribution in [2.75, 3.05) is 20.1 Å². The van der Waals surface area contributed by atoms with Gasteiger partial charge in [0.05, 0.1) is 18.4 Å². The number of likely N-dealkylation sites (N-methyl/N-ethyl adjacent to an activating group) is 1. The molecule has 20 heavy (non-hydrogen) atoms. The zero-order valence-electron chi connectivity index (χ0n) is 10.9. The van der Waals surface area contributed by atoms with E-state index in [0.717, 1.165) is 22.8 Å². The summed E-state index contributed by atoms with van der Waals surface area (Å²) in [6, 6.07) is 1.86. The Kier molecular flexibility index (Phi) is 9.24. The topological polar surface area (TPSA) is 67.2 Å². The smallest absolute Gasteiger partial charge is 0.226 e. The van der Waals surface area contributed by atoms with E-state index in [0.29, 0.717) is 13.0 Å². The lowest BCUT2D eigenvalue weighted by molar-refractivity contribution is -0.120. The Morgan fingerprint density at radius 3 is 2.85 bits per heavy atom. The zero-order valence-corrected chi connectivity index (χ0v) is 13.4. The molecule has 2 aromatic rings. The van der Waals surface area contributed by atoms with E-state index in [2.05, 4.69) is 15.6 Å². The third-order valence-electron chi connectivity index (χ3n) is 2.36. The molecule has 1 amide bonds. The predicted octanol–water partition coefficient (Wildman–Crippen LogP) is 2.12. The lowest BCUT2D eigenvalue weighted by Crippen LogP contribution is -2.31. The molecule has 8 heteroatoms. The summed E-state index contributed by atoms with van der Waals surface area (Å²) < 4.78 is 5.01. The van der Waals surface area contributed by atoms with Crippen LogP contribution in [0.25, 0.3) is 10.6 Å². The van der Waals surface area contributed by atoms with Gasteiger partial charge in [0.1, 0.15) is 11.3 Å². The number of nitrogens with zero attached hydrogens (tertiary/aromatic N) is 1. The van der Waals surface area contributed by atoms with Gasteiger partial charge in [-0.2, -0.15) is 0 Å². The highest BCUT2D eigenvalue weighted by molar-refractivity contribution is 7.13. The minimum atomic E-state index is -0.00528. The third kappa shape index (κ3) is 5.50. The summed E-state index contributed by atoms with van der Waals surface area (Å²) in [5, 5.41) is 8.57. The maximum absolute atomic E-state index is 11.6. The SMILES string of the molecule is CNCCNC(=O)Cc1csc(-c2ccoc2)n1.Cl.Cl. The van der Waals surface area contributed by atoms with Crippen LogP contribution in [0.1, 0.15) is 5.69 Å². The van der Waals surface area contributed by atoms with E-state index in [9.17, 15) is 4.79 Å². The molecule has 2 heterocycles. The largest absolute Gasteiger partial charge is 0.472 e. The van der Waals surface area contributed by atoms with Crippen molar-refractivity contribution in [2.24, 2.45) is 0 Å². The van der Waals surface area contributed by atoms with E-state index in [1.54, 1.807) is 12.5 Å². The van der Waals surface area contributed by atoms with Crippen molar-refractivity contribution in [2.45, 2.75) is 6.42 Å². The van der Waals surface area contributed by atoms with Gasteiger partial charge < -0.3 is 15.1 Å². The summed E-state index contributed by atoms with van der Waals surface area (Å²) >= 11 is 1.51. The molecule has 0 aliphatic heterocycles. The second-order valence-electron chi connectivity index (χ2n) is 3.79. The highest BCUT2D eigenvalue weighted by Gasteiger charge is 2.09. The molecule has 0 saturated carbocycles. The van der Waals surface area contributed by atoms with Crippen molar-refractivity contribution in [1.29, 1.82) is 0 Å². The summed E-state index contributed by atoms with van der Waals surface area (Å²) in [4.78, 5) is 16.0. The minimum absolute atomic E-state index is 0. The predicted molar refractivity (Wildman–Crippen MR) is 85.0 cm³/mol. The van der Waals surface area contributed by atoms with Crippen molar-refractivity contribution in [3.8, 4) is 10.6 Å². The number of hydrogen-bond donors (Lipinski definition) is 2. The van der Waals surface area contributed by atoms with Crippen LogP contribution >= 0.6 is 36.2 Å². The fourth-order valence-corrected chi connectivity index (χ4v) is 2.27. The highest BCUT2D eigenvalue weighted by atomic mass is 35.5. The highest BCUT2D eigenvalue weighted by Crippen LogP contribution is 2.23.